The summed E-state index contributed by atoms with van der Waals surface area (Å²) >= 11 is 0. The number of aryl methyl sites for hydroxylation is 1. The van der Waals surface area contributed by atoms with Crippen LogP contribution in [-0.4, -0.2) is 4.57 Å². The lowest BCUT2D eigenvalue weighted by molar-refractivity contribution is 0.307. The van der Waals surface area contributed by atoms with Crippen LogP contribution in [0.15, 0.2) is 48.7 Å². The molecule has 0 unspecified atom stereocenters. The van der Waals surface area contributed by atoms with Crippen molar-refractivity contribution in [1.29, 1.82) is 0 Å². The van der Waals surface area contributed by atoms with Crippen LogP contribution in [0, 0.1) is 5.82 Å². The van der Waals surface area contributed by atoms with Crippen molar-refractivity contribution in [3.63, 3.8) is 0 Å². The SMILES string of the molecule is CCn1cc(COc2ccc(F)cc2)c2ccc(CN)cc21. The lowest BCUT2D eigenvalue weighted by Gasteiger charge is -2.05. The average molecular weight is 298 g/mol. The van der Waals surface area contributed by atoms with Gasteiger partial charge in [-0.1, -0.05) is 12.1 Å². The zero-order valence-electron chi connectivity index (χ0n) is 12.6. The van der Waals surface area contributed by atoms with Crippen molar-refractivity contribution in [2.75, 3.05) is 0 Å². The molecule has 3 aromatic rings. The summed E-state index contributed by atoms with van der Waals surface area (Å²) in [5.41, 5.74) is 9.12. The maximum absolute atomic E-state index is 12.9. The molecule has 0 aliphatic rings. The quantitative estimate of drug-likeness (QED) is 0.777. The molecule has 0 spiro atoms. The van der Waals surface area contributed by atoms with E-state index in [9.17, 15) is 4.39 Å². The maximum atomic E-state index is 12.9. The molecule has 3 rings (SSSR count). The predicted molar refractivity (Wildman–Crippen MR) is 86.2 cm³/mol. The Kier molecular flexibility index (Phi) is 4.11. The number of fused-ring (bicyclic) bond motifs is 1. The van der Waals surface area contributed by atoms with Gasteiger partial charge in [-0.15, -0.1) is 0 Å². The minimum atomic E-state index is -0.260. The molecule has 0 atom stereocenters. The second-order valence-corrected chi connectivity index (χ2v) is 5.24. The van der Waals surface area contributed by atoms with E-state index in [0.717, 1.165) is 17.7 Å². The third-order valence-electron chi connectivity index (χ3n) is 3.81. The summed E-state index contributed by atoms with van der Waals surface area (Å²) in [7, 11) is 0. The molecule has 0 fully saturated rings. The Balaban J connectivity index is 1.88. The molecule has 0 saturated heterocycles. The van der Waals surface area contributed by atoms with Crippen LogP contribution in [0.2, 0.25) is 0 Å². The third kappa shape index (κ3) is 2.83. The first kappa shape index (κ1) is 14.6. The summed E-state index contributed by atoms with van der Waals surface area (Å²) in [6.45, 7) is 3.99. The third-order valence-corrected chi connectivity index (χ3v) is 3.81. The highest BCUT2D eigenvalue weighted by Gasteiger charge is 2.09. The molecule has 2 N–H and O–H groups in total. The Morgan fingerprint density at radius 1 is 1.14 bits per heavy atom. The molecular weight excluding hydrogens is 279 g/mol. The van der Waals surface area contributed by atoms with E-state index in [0.29, 0.717) is 18.9 Å². The number of ether oxygens (including phenoxy) is 1. The predicted octanol–water partition coefficient (Wildman–Crippen LogP) is 3.84. The van der Waals surface area contributed by atoms with Crippen molar-refractivity contribution in [2.24, 2.45) is 5.73 Å². The van der Waals surface area contributed by atoms with Gasteiger partial charge in [0.1, 0.15) is 18.2 Å². The summed E-state index contributed by atoms with van der Waals surface area (Å²) in [4.78, 5) is 0. The van der Waals surface area contributed by atoms with Gasteiger partial charge in [0.25, 0.3) is 0 Å². The molecule has 1 heterocycles. The highest BCUT2D eigenvalue weighted by atomic mass is 19.1. The Hall–Kier alpha value is -2.33. The number of aromatic nitrogens is 1. The molecule has 0 aliphatic heterocycles. The highest BCUT2D eigenvalue weighted by Crippen LogP contribution is 2.24. The zero-order chi connectivity index (χ0) is 15.5. The number of nitrogens with zero attached hydrogens (tertiary/aromatic N) is 1. The lowest BCUT2D eigenvalue weighted by atomic mass is 10.1. The standard InChI is InChI=1S/C18H19FN2O/c1-2-21-11-14(12-22-16-6-4-15(19)5-7-16)17-8-3-13(10-20)9-18(17)21/h3-9,11H,2,10,12,20H2,1H3. The number of hydrogen-bond acceptors (Lipinski definition) is 2. The van der Waals surface area contributed by atoms with Crippen molar-refractivity contribution >= 4 is 10.9 Å². The van der Waals surface area contributed by atoms with Crippen LogP contribution in [0.5, 0.6) is 5.75 Å². The van der Waals surface area contributed by atoms with Gasteiger partial charge in [-0.05, 0) is 42.8 Å². The van der Waals surface area contributed by atoms with E-state index in [2.05, 4.69) is 29.8 Å². The van der Waals surface area contributed by atoms with Crippen LogP contribution >= 0.6 is 0 Å². The van der Waals surface area contributed by atoms with Gasteiger partial charge >= 0.3 is 0 Å². The summed E-state index contributed by atoms with van der Waals surface area (Å²) in [6, 6.07) is 12.3. The first-order chi connectivity index (χ1) is 10.7. The molecule has 114 valence electrons. The molecule has 0 bridgehead atoms. The maximum Gasteiger partial charge on any atom is 0.123 e. The molecule has 0 aliphatic carbocycles. The minimum absolute atomic E-state index is 0.260. The molecule has 0 amide bonds. The van der Waals surface area contributed by atoms with E-state index in [-0.39, 0.29) is 5.82 Å². The lowest BCUT2D eigenvalue weighted by Crippen LogP contribution is -1.97. The minimum Gasteiger partial charge on any atom is -0.489 e. The van der Waals surface area contributed by atoms with Gasteiger partial charge in [-0.3, -0.25) is 0 Å². The largest absolute Gasteiger partial charge is 0.489 e. The molecular formula is C18H19FN2O. The van der Waals surface area contributed by atoms with Crippen LogP contribution in [0.4, 0.5) is 4.39 Å². The summed E-state index contributed by atoms with van der Waals surface area (Å²) in [5.74, 6) is 0.404. The van der Waals surface area contributed by atoms with Crippen LogP contribution in [0.1, 0.15) is 18.1 Å². The van der Waals surface area contributed by atoms with Gasteiger partial charge in [-0.2, -0.15) is 0 Å². The molecule has 3 nitrogen and oxygen atoms in total. The van der Waals surface area contributed by atoms with Crippen molar-refractivity contribution in [3.05, 3.63) is 65.6 Å². The first-order valence-electron chi connectivity index (χ1n) is 7.40. The number of hydrogen-bond donors (Lipinski definition) is 1. The van der Waals surface area contributed by atoms with Gasteiger partial charge in [0.2, 0.25) is 0 Å². The van der Waals surface area contributed by atoms with Crippen molar-refractivity contribution in [2.45, 2.75) is 26.6 Å². The van der Waals surface area contributed by atoms with Crippen molar-refractivity contribution in [1.82, 2.24) is 4.57 Å². The van der Waals surface area contributed by atoms with Gasteiger partial charge < -0.3 is 15.0 Å². The monoisotopic (exact) mass is 298 g/mol. The molecule has 2 aromatic carbocycles. The summed E-state index contributed by atoms with van der Waals surface area (Å²) in [5, 5.41) is 1.17. The van der Waals surface area contributed by atoms with Gasteiger partial charge in [0.05, 0.1) is 0 Å². The fraction of sp³-hybridized carbons (Fsp3) is 0.222. The second-order valence-electron chi connectivity index (χ2n) is 5.24. The Bertz CT molecular complexity index is 778. The van der Waals surface area contributed by atoms with Gasteiger partial charge in [-0.25, -0.2) is 4.39 Å². The zero-order valence-corrected chi connectivity index (χ0v) is 12.6. The number of benzene rings is 2. The van der Waals surface area contributed by atoms with Crippen molar-refractivity contribution in [3.8, 4) is 5.75 Å². The molecule has 22 heavy (non-hydrogen) atoms. The summed E-state index contributed by atoms with van der Waals surface area (Å²) in [6.07, 6.45) is 2.11. The van der Waals surface area contributed by atoms with Gasteiger partial charge in [0, 0.05) is 35.8 Å². The smallest absolute Gasteiger partial charge is 0.123 e. The number of rotatable bonds is 5. The number of nitrogens with two attached hydrogens (primary N) is 1. The van der Waals surface area contributed by atoms with E-state index in [1.165, 1.54) is 23.0 Å². The highest BCUT2D eigenvalue weighted by molar-refractivity contribution is 5.84. The topological polar surface area (TPSA) is 40.2 Å². The normalized spacial score (nSPS) is 11.0. The van der Waals surface area contributed by atoms with E-state index in [1.54, 1.807) is 12.1 Å². The van der Waals surface area contributed by atoms with Crippen LogP contribution in [0.25, 0.3) is 10.9 Å². The Morgan fingerprint density at radius 2 is 1.91 bits per heavy atom. The average Bonchev–Trinajstić information content (AvgIpc) is 2.91. The van der Waals surface area contributed by atoms with Crippen molar-refractivity contribution < 1.29 is 9.13 Å². The Morgan fingerprint density at radius 3 is 2.59 bits per heavy atom. The van der Waals surface area contributed by atoms with E-state index in [1.807, 2.05) is 6.07 Å². The number of halogens is 1. The molecule has 4 heteroatoms. The van der Waals surface area contributed by atoms with E-state index >= 15 is 0 Å². The van der Waals surface area contributed by atoms with Crippen LogP contribution in [0.3, 0.4) is 0 Å². The summed E-state index contributed by atoms with van der Waals surface area (Å²) < 4.78 is 20.9. The molecule has 0 saturated carbocycles. The van der Waals surface area contributed by atoms with E-state index < -0.39 is 0 Å². The Labute approximate surface area is 129 Å². The van der Waals surface area contributed by atoms with Crippen LogP contribution < -0.4 is 10.5 Å². The van der Waals surface area contributed by atoms with Gasteiger partial charge in [0.15, 0.2) is 0 Å². The second kappa shape index (κ2) is 6.20. The molecule has 1 aromatic heterocycles. The van der Waals surface area contributed by atoms with Crippen LogP contribution in [-0.2, 0) is 19.7 Å². The fourth-order valence-electron chi connectivity index (χ4n) is 2.61. The fourth-order valence-corrected chi connectivity index (χ4v) is 2.61. The van der Waals surface area contributed by atoms with E-state index in [4.69, 9.17) is 10.5 Å². The first-order valence-corrected chi connectivity index (χ1v) is 7.40. The molecule has 0 radical (unpaired) electrons.